The van der Waals surface area contributed by atoms with Gasteiger partial charge in [0.25, 0.3) is 0 Å². The molecule has 2 N–H and O–H groups in total. The molecule has 0 aliphatic carbocycles. The second-order valence-electron chi connectivity index (χ2n) is 5.14. The summed E-state index contributed by atoms with van der Waals surface area (Å²) in [5, 5.41) is 18.8. The normalized spacial score (nSPS) is 32.9. The van der Waals surface area contributed by atoms with Crippen molar-refractivity contribution < 1.29 is 19.3 Å². The zero-order valence-corrected chi connectivity index (χ0v) is 11.9. The van der Waals surface area contributed by atoms with Crippen LogP contribution < -0.4 is 0 Å². The second kappa shape index (κ2) is 5.13. The molecule has 0 aromatic carbocycles. The fourth-order valence-electron chi connectivity index (χ4n) is 2.74. The van der Waals surface area contributed by atoms with Crippen LogP contribution in [0.15, 0.2) is 12.7 Å². The molecule has 9 heteroatoms. The highest BCUT2D eigenvalue weighted by molar-refractivity contribution is 6.33. The molecule has 0 bridgehead atoms. The third-order valence-electron chi connectivity index (χ3n) is 3.90. The predicted octanol–water partition coefficient (Wildman–Crippen LogP) is 0.706. The van der Waals surface area contributed by atoms with Gasteiger partial charge in [-0.2, -0.15) is 0 Å². The molecule has 7 nitrogen and oxygen atoms in total. The molecule has 2 aromatic rings. The lowest BCUT2D eigenvalue weighted by atomic mass is 9.89. The number of alkyl halides is 1. The molecule has 1 fully saturated rings. The minimum absolute atomic E-state index is 0.162. The average Bonchev–Trinajstić information content (AvgIpc) is 2.97. The molecule has 0 saturated carbocycles. The molecule has 3 rings (SSSR count). The quantitative estimate of drug-likeness (QED) is 0.810. The third kappa shape index (κ3) is 2.10. The van der Waals surface area contributed by atoms with E-state index < -0.39 is 30.5 Å². The van der Waals surface area contributed by atoms with Gasteiger partial charge in [-0.25, -0.2) is 19.3 Å². The molecule has 2 unspecified atom stereocenters. The number of hydrogen-bond donors (Lipinski definition) is 2. The average molecular weight is 317 g/mol. The number of hydrogen-bond acceptors (Lipinski definition) is 6. The summed E-state index contributed by atoms with van der Waals surface area (Å²) in [5.74, 6) is -0.845. The van der Waals surface area contributed by atoms with Gasteiger partial charge in [-0.3, -0.25) is 4.57 Å². The summed E-state index contributed by atoms with van der Waals surface area (Å²) in [7, 11) is 0. The molecule has 1 aliphatic heterocycles. The summed E-state index contributed by atoms with van der Waals surface area (Å²) >= 11 is 5.92. The van der Waals surface area contributed by atoms with Crippen molar-refractivity contribution in [2.45, 2.75) is 24.9 Å². The summed E-state index contributed by atoms with van der Waals surface area (Å²) in [6.07, 6.45) is 0.745. The van der Waals surface area contributed by atoms with Crippen molar-refractivity contribution in [2.75, 3.05) is 13.2 Å². The lowest BCUT2D eigenvalue weighted by Crippen LogP contribution is -2.38. The van der Waals surface area contributed by atoms with Gasteiger partial charge in [-0.15, -0.1) is 0 Å². The molecule has 1 aliphatic rings. The van der Waals surface area contributed by atoms with Crippen molar-refractivity contribution in [3.05, 3.63) is 17.8 Å². The van der Waals surface area contributed by atoms with Crippen LogP contribution >= 0.6 is 11.6 Å². The summed E-state index contributed by atoms with van der Waals surface area (Å²) in [6.45, 7) is 0.504. The van der Waals surface area contributed by atoms with Gasteiger partial charge in [-0.1, -0.05) is 11.6 Å². The Bertz CT molecular complexity index is 665. The van der Waals surface area contributed by atoms with Crippen molar-refractivity contribution in [3.8, 4) is 0 Å². The van der Waals surface area contributed by atoms with Gasteiger partial charge >= 0.3 is 0 Å². The van der Waals surface area contributed by atoms with E-state index in [1.807, 2.05) is 0 Å². The minimum atomic E-state index is -1.90. The Morgan fingerprint density at radius 3 is 2.76 bits per heavy atom. The first-order chi connectivity index (χ1) is 10.0. The molecule has 2 aromatic heterocycles. The van der Waals surface area contributed by atoms with E-state index in [-0.39, 0.29) is 11.8 Å². The summed E-state index contributed by atoms with van der Waals surface area (Å²) < 4.78 is 22.0. The molecular formula is C12H14ClFN4O3. The Morgan fingerprint density at radius 1 is 1.38 bits per heavy atom. The number of rotatable bonds is 3. The van der Waals surface area contributed by atoms with Gasteiger partial charge in [0.15, 0.2) is 22.7 Å². The maximum Gasteiger partial charge on any atom is 0.171 e. The summed E-state index contributed by atoms with van der Waals surface area (Å²) in [5.41, 5.74) is -1.22. The Balaban J connectivity index is 2.08. The predicted molar refractivity (Wildman–Crippen MR) is 71.4 cm³/mol. The first-order valence-corrected chi connectivity index (χ1v) is 6.77. The Morgan fingerprint density at radius 2 is 2.14 bits per heavy atom. The maximum absolute atomic E-state index is 15.0. The second-order valence-corrected chi connectivity index (χ2v) is 5.50. The summed E-state index contributed by atoms with van der Waals surface area (Å²) in [6, 6.07) is 0. The molecule has 0 amide bonds. The van der Waals surface area contributed by atoms with Crippen LogP contribution in [0.3, 0.4) is 0 Å². The molecule has 1 saturated heterocycles. The van der Waals surface area contributed by atoms with Crippen molar-refractivity contribution >= 4 is 22.8 Å². The Hall–Kier alpha value is -1.35. The fourth-order valence-corrected chi connectivity index (χ4v) is 2.92. The minimum Gasteiger partial charge on any atom is -0.396 e. The van der Waals surface area contributed by atoms with Crippen LogP contribution in [0.5, 0.6) is 0 Å². The van der Waals surface area contributed by atoms with Crippen LogP contribution in [0.4, 0.5) is 4.39 Å². The van der Waals surface area contributed by atoms with Crippen molar-refractivity contribution in [3.63, 3.8) is 0 Å². The number of imidazole rings is 1. The largest absolute Gasteiger partial charge is 0.396 e. The van der Waals surface area contributed by atoms with Gasteiger partial charge in [0.05, 0.1) is 25.6 Å². The van der Waals surface area contributed by atoms with Crippen LogP contribution in [0.1, 0.15) is 13.2 Å². The van der Waals surface area contributed by atoms with E-state index in [9.17, 15) is 10.2 Å². The van der Waals surface area contributed by atoms with Crippen LogP contribution in [0, 0.1) is 5.92 Å². The van der Waals surface area contributed by atoms with Crippen molar-refractivity contribution in [2.24, 2.45) is 5.92 Å². The molecule has 21 heavy (non-hydrogen) atoms. The van der Waals surface area contributed by atoms with Gasteiger partial charge in [-0.05, 0) is 6.92 Å². The molecule has 3 heterocycles. The number of ether oxygens (including phenoxy) is 1. The zero-order chi connectivity index (χ0) is 15.2. The molecule has 114 valence electrons. The Kier molecular flexibility index (Phi) is 3.56. The van der Waals surface area contributed by atoms with Crippen LogP contribution in [0.2, 0.25) is 5.15 Å². The van der Waals surface area contributed by atoms with Crippen molar-refractivity contribution in [1.29, 1.82) is 0 Å². The maximum atomic E-state index is 15.0. The number of aliphatic hydroxyl groups is 2. The van der Waals surface area contributed by atoms with E-state index >= 15 is 4.39 Å². The lowest BCUT2D eigenvalue weighted by Gasteiger charge is -2.26. The monoisotopic (exact) mass is 316 g/mol. The highest BCUT2D eigenvalue weighted by Gasteiger charge is 2.55. The number of nitrogens with zero attached hydrogens (tertiary/aromatic N) is 4. The molecule has 4 atom stereocenters. The highest BCUT2D eigenvalue weighted by Crippen LogP contribution is 2.46. The molecule has 0 radical (unpaired) electrons. The van der Waals surface area contributed by atoms with Crippen LogP contribution in [0.25, 0.3) is 11.2 Å². The molecule has 0 spiro atoms. The number of aliphatic hydroxyl groups excluding tert-OH is 2. The lowest BCUT2D eigenvalue weighted by molar-refractivity contribution is -0.0565. The fraction of sp³-hybridized carbons (Fsp3) is 0.583. The highest BCUT2D eigenvalue weighted by atomic mass is 35.5. The van der Waals surface area contributed by atoms with E-state index in [1.165, 1.54) is 24.1 Å². The van der Waals surface area contributed by atoms with E-state index in [1.54, 1.807) is 0 Å². The number of aromatic nitrogens is 4. The van der Waals surface area contributed by atoms with Gasteiger partial charge < -0.3 is 14.9 Å². The van der Waals surface area contributed by atoms with E-state index in [0.717, 1.165) is 0 Å². The zero-order valence-electron chi connectivity index (χ0n) is 11.1. The van der Waals surface area contributed by atoms with Gasteiger partial charge in [0, 0.05) is 5.92 Å². The topological polar surface area (TPSA) is 93.3 Å². The van der Waals surface area contributed by atoms with E-state index in [2.05, 4.69) is 15.0 Å². The first-order valence-electron chi connectivity index (χ1n) is 6.39. The number of fused-ring (bicyclic) bond motifs is 1. The van der Waals surface area contributed by atoms with Crippen molar-refractivity contribution in [1.82, 2.24) is 19.5 Å². The van der Waals surface area contributed by atoms with Crippen LogP contribution in [-0.4, -0.2) is 54.7 Å². The third-order valence-corrected chi connectivity index (χ3v) is 4.18. The van der Waals surface area contributed by atoms with Gasteiger partial charge in [0.1, 0.15) is 11.8 Å². The van der Waals surface area contributed by atoms with Crippen LogP contribution in [-0.2, 0) is 4.74 Å². The number of halogens is 2. The SMILES string of the molecule is CC1(F)C(CO)[C@@H](CO)O[C@H]1n1cnc2c(Cl)ncnc21. The Labute approximate surface area is 124 Å². The summed E-state index contributed by atoms with van der Waals surface area (Å²) in [4.78, 5) is 11.9. The first kappa shape index (κ1) is 14.6. The van der Waals surface area contributed by atoms with Gasteiger partial charge in [0.2, 0.25) is 0 Å². The smallest absolute Gasteiger partial charge is 0.171 e. The standard InChI is InChI=1S/C12H14ClFN4O3/c1-12(14)6(2-19)7(3-20)21-11(12)18-5-17-8-9(13)15-4-16-10(8)18/h4-7,11,19-20H,2-3H2,1H3/t6?,7-,11-,12?/m1/s1. The van der Waals surface area contributed by atoms with E-state index in [4.69, 9.17) is 16.3 Å². The van der Waals surface area contributed by atoms with E-state index in [0.29, 0.717) is 11.2 Å². The molecular weight excluding hydrogens is 303 g/mol.